The molecule has 4 heteroatoms. The third-order valence-electron chi connectivity index (χ3n) is 0.798. The van der Waals surface area contributed by atoms with Crippen molar-refractivity contribution >= 4 is 0 Å². The monoisotopic (exact) mass is 123 g/mol. The SMILES string of the molecule is Cc1nnc(CC#N)o1. The van der Waals surface area contributed by atoms with E-state index < -0.39 is 0 Å². The maximum absolute atomic E-state index is 8.15. The summed E-state index contributed by atoms with van der Waals surface area (Å²) < 4.78 is 4.88. The van der Waals surface area contributed by atoms with Gasteiger partial charge in [-0.3, -0.25) is 0 Å². The zero-order chi connectivity index (χ0) is 6.69. The van der Waals surface area contributed by atoms with Crippen molar-refractivity contribution in [3.63, 3.8) is 0 Å². The molecule has 9 heavy (non-hydrogen) atoms. The molecule has 0 saturated carbocycles. The Bertz CT molecular complexity index is 235. The van der Waals surface area contributed by atoms with E-state index in [1.165, 1.54) is 0 Å². The van der Waals surface area contributed by atoms with E-state index >= 15 is 0 Å². The zero-order valence-corrected chi connectivity index (χ0v) is 4.96. The van der Waals surface area contributed by atoms with E-state index in [-0.39, 0.29) is 6.42 Å². The van der Waals surface area contributed by atoms with Gasteiger partial charge in [0, 0.05) is 6.92 Å². The normalized spacial score (nSPS) is 8.89. The van der Waals surface area contributed by atoms with Gasteiger partial charge in [0.05, 0.1) is 6.07 Å². The van der Waals surface area contributed by atoms with E-state index in [2.05, 4.69) is 10.2 Å². The summed E-state index contributed by atoms with van der Waals surface area (Å²) >= 11 is 0. The Balaban J connectivity index is 2.76. The summed E-state index contributed by atoms with van der Waals surface area (Å²) in [4.78, 5) is 0. The first-order chi connectivity index (χ1) is 4.33. The van der Waals surface area contributed by atoms with Crippen LogP contribution in [-0.4, -0.2) is 10.2 Å². The topological polar surface area (TPSA) is 62.7 Å². The van der Waals surface area contributed by atoms with Crippen molar-refractivity contribution in [1.82, 2.24) is 10.2 Å². The predicted octanol–water partition coefficient (Wildman–Crippen LogP) is 0.444. The van der Waals surface area contributed by atoms with Crippen molar-refractivity contribution in [2.75, 3.05) is 0 Å². The fraction of sp³-hybridized carbons (Fsp3) is 0.400. The van der Waals surface area contributed by atoms with E-state index in [4.69, 9.17) is 9.68 Å². The number of aryl methyl sites for hydroxylation is 1. The molecule has 1 rings (SSSR count). The van der Waals surface area contributed by atoms with Crippen molar-refractivity contribution in [2.24, 2.45) is 0 Å². The standard InChI is InChI=1S/C5H5N3O/c1-4-7-8-5(9-4)2-3-6/h2H2,1H3. The Morgan fingerprint density at radius 1 is 1.67 bits per heavy atom. The van der Waals surface area contributed by atoms with Gasteiger partial charge in [-0.1, -0.05) is 0 Å². The number of nitriles is 1. The van der Waals surface area contributed by atoms with Crippen LogP contribution in [0.5, 0.6) is 0 Å². The number of nitrogens with zero attached hydrogens (tertiary/aromatic N) is 3. The molecule has 1 heterocycles. The lowest BCUT2D eigenvalue weighted by molar-refractivity contribution is 0.480. The molecule has 0 aliphatic carbocycles. The number of hydrogen-bond donors (Lipinski definition) is 0. The molecule has 0 saturated heterocycles. The second-order valence-electron chi connectivity index (χ2n) is 1.55. The van der Waals surface area contributed by atoms with E-state index in [0.29, 0.717) is 11.8 Å². The molecule has 0 atom stereocenters. The minimum Gasteiger partial charge on any atom is -0.424 e. The van der Waals surface area contributed by atoms with Crippen LogP contribution in [-0.2, 0) is 6.42 Å². The van der Waals surface area contributed by atoms with Crippen LogP contribution in [0.1, 0.15) is 11.8 Å². The van der Waals surface area contributed by atoms with Gasteiger partial charge in [0.25, 0.3) is 0 Å². The van der Waals surface area contributed by atoms with E-state index in [1.807, 2.05) is 6.07 Å². The lowest BCUT2D eigenvalue weighted by Crippen LogP contribution is -1.78. The summed E-state index contributed by atoms with van der Waals surface area (Å²) in [7, 11) is 0. The minimum absolute atomic E-state index is 0.195. The molecule has 0 unspecified atom stereocenters. The fourth-order valence-electron chi connectivity index (χ4n) is 0.477. The van der Waals surface area contributed by atoms with Gasteiger partial charge >= 0.3 is 0 Å². The van der Waals surface area contributed by atoms with Crippen molar-refractivity contribution < 1.29 is 4.42 Å². The highest BCUT2D eigenvalue weighted by Gasteiger charge is 1.98. The quantitative estimate of drug-likeness (QED) is 0.543. The second-order valence-corrected chi connectivity index (χ2v) is 1.55. The maximum Gasteiger partial charge on any atom is 0.230 e. The van der Waals surface area contributed by atoms with Gasteiger partial charge < -0.3 is 4.42 Å². The summed E-state index contributed by atoms with van der Waals surface area (Å²) in [5.41, 5.74) is 0. The molecule has 0 spiro atoms. The van der Waals surface area contributed by atoms with Gasteiger partial charge in [-0.25, -0.2) is 0 Å². The average Bonchev–Trinajstić information content (AvgIpc) is 2.17. The average molecular weight is 123 g/mol. The van der Waals surface area contributed by atoms with Crippen LogP contribution in [0.25, 0.3) is 0 Å². The van der Waals surface area contributed by atoms with Gasteiger partial charge in [-0.15, -0.1) is 10.2 Å². The van der Waals surface area contributed by atoms with E-state index in [9.17, 15) is 0 Å². The van der Waals surface area contributed by atoms with Gasteiger partial charge in [0.1, 0.15) is 6.42 Å². The van der Waals surface area contributed by atoms with Gasteiger partial charge in [-0.05, 0) is 0 Å². The van der Waals surface area contributed by atoms with Crippen molar-refractivity contribution in [1.29, 1.82) is 5.26 Å². The highest BCUT2D eigenvalue weighted by Crippen LogP contribution is 1.96. The first-order valence-electron chi connectivity index (χ1n) is 2.49. The van der Waals surface area contributed by atoms with E-state index in [1.54, 1.807) is 6.92 Å². The van der Waals surface area contributed by atoms with Crippen LogP contribution in [0.3, 0.4) is 0 Å². The summed E-state index contributed by atoms with van der Waals surface area (Å²) in [5, 5.41) is 15.3. The molecular formula is C5H5N3O. The summed E-state index contributed by atoms with van der Waals surface area (Å²) in [5.74, 6) is 0.884. The molecule has 0 radical (unpaired) electrons. The van der Waals surface area contributed by atoms with E-state index in [0.717, 1.165) is 0 Å². The van der Waals surface area contributed by atoms with Crippen LogP contribution in [0.2, 0.25) is 0 Å². The third-order valence-corrected chi connectivity index (χ3v) is 0.798. The van der Waals surface area contributed by atoms with Crippen LogP contribution in [0.4, 0.5) is 0 Å². The smallest absolute Gasteiger partial charge is 0.230 e. The summed E-state index contributed by atoms with van der Waals surface area (Å²) in [6.45, 7) is 1.69. The Labute approximate surface area is 52.1 Å². The number of hydrogen-bond acceptors (Lipinski definition) is 4. The molecule has 0 N–H and O–H groups in total. The molecule has 0 fully saturated rings. The maximum atomic E-state index is 8.15. The zero-order valence-electron chi connectivity index (χ0n) is 4.96. The molecule has 0 aromatic carbocycles. The largest absolute Gasteiger partial charge is 0.424 e. The highest BCUT2D eigenvalue weighted by molar-refractivity contribution is 4.88. The molecule has 0 bridgehead atoms. The molecule has 1 aromatic heterocycles. The molecule has 46 valence electrons. The van der Waals surface area contributed by atoms with Crippen molar-refractivity contribution in [3.8, 4) is 6.07 Å². The number of aromatic nitrogens is 2. The number of rotatable bonds is 1. The van der Waals surface area contributed by atoms with Crippen LogP contribution >= 0.6 is 0 Å². The fourth-order valence-corrected chi connectivity index (χ4v) is 0.477. The highest BCUT2D eigenvalue weighted by atomic mass is 16.4. The molecule has 0 aliphatic heterocycles. The Morgan fingerprint density at radius 2 is 2.44 bits per heavy atom. The Hall–Kier alpha value is -1.37. The molecule has 4 nitrogen and oxygen atoms in total. The molecule has 0 amide bonds. The van der Waals surface area contributed by atoms with Gasteiger partial charge in [0.2, 0.25) is 11.8 Å². The summed E-state index contributed by atoms with van der Waals surface area (Å²) in [6.07, 6.45) is 0.195. The van der Waals surface area contributed by atoms with Crippen LogP contribution in [0, 0.1) is 18.3 Å². The first-order valence-corrected chi connectivity index (χ1v) is 2.49. The first kappa shape index (κ1) is 5.76. The van der Waals surface area contributed by atoms with Crippen molar-refractivity contribution in [2.45, 2.75) is 13.3 Å². The van der Waals surface area contributed by atoms with Crippen molar-refractivity contribution in [3.05, 3.63) is 11.8 Å². The predicted molar refractivity (Wildman–Crippen MR) is 28.4 cm³/mol. The molecule has 0 aliphatic rings. The van der Waals surface area contributed by atoms with Gasteiger partial charge in [0.15, 0.2) is 0 Å². The Kier molecular flexibility index (Phi) is 1.45. The third kappa shape index (κ3) is 1.26. The summed E-state index contributed by atoms with van der Waals surface area (Å²) in [6, 6.07) is 1.90. The molecular weight excluding hydrogens is 118 g/mol. The van der Waals surface area contributed by atoms with Gasteiger partial charge in [-0.2, -0.15) is 5.26 Å². The van der Waals surface area contributed by atoms with Crippen LogP contribution in [0.15, 0.2) is 4.42 Å². The Morgan fingerprint density at radius 3 is 2.89 bits per heavy atom. The second kappa shape index (κ2) is 2.27. The minimum atomic E-state index is 0.195. The molecule has 1 aromatic rings. The lowest BCUT2D eigenvalue weighted by Gasteiger charge is -1.76. The lowest BCUT2D eigenvalue weighted by atomic mass is 10.5. The van der Waals surface area contributed by atoms with Crippen LogP contribution < -0.4 is 0 Å².